The fourth-order valence-corrected chi connectivity index (χ4v) is 2.01. The van der Waals surface area contributed by atoms with Crippen LogP contribution in [0.15, 0.2) is 22.9 Å². The molecule has 1 aromatic rings. The molecular weight excluding hydrogens is 324 g/mol. The summed E-state index contributed by atoms with van der Waals surface area (Å²) in [6.07, 6.45) is 3.23. The van der Waals surface area contributed by atoms with E-state index in [2.05, 4.69) is 36.8 Å². The SMILES string of the molecule is CC(Br)CN(C)C(=O)c1cncc(Br)c1. The minimum absolute atomic E-state index is 0.0184. The first kappa shape index (κ1) is 12.6. The summed E-state index contributed by atoms with van der Waals surface area (Å²) < 4.78 is 0.814. The van der Waals surface area contributed by atoms with E-state index in [-0.39, 0.29) is 10.7 Å². The number of halogens is 2. The van der Waals surface area contributed by atoms with Crippen LogP contribution in [0.3, 0.4) is 0 Å². The van der Waals surface area contributed by atoms with E-state index >= 15 is 0 Å². The molecule has 1 atom stereocenters. The van der Waals surface area contributed by atoms with Gasteiger partial charge >= 0.3 is 0 Å². The zero-order valence-electron chi connectivity index (χ0n) is 8.58. The lowest BCUT2D eigenvalue weighted by atomic mass is 10.2. The van der Waals surface area contributed by atoms with Gasteiger partial charge in [0.2, 0.25) is 0 Å². The summed E-state index contributed by atoms with van der Waals surface area (Å²) in [7, 11) is 1.78. The first-order chi connectivity index (χ1) is 7.00. The molecule has 1 heterocycles. The van der Waals surface area contributed by atoms with Gasteiger partial charge in [-0.05, 0) is 22.0 Å². The summed E-state index contributed by atoms with van der Waals surface area (Å²) in [6.45, 7) is 2.67. The van der Waals surface area contributed by atoms with Crippen molar-refractivity contribution in [1.29, 1.82) is 0 Å². The molecule has 1 rings (SSSR count). The van der Waals surface area contributed by atoms with E-state index in [1.807, 2.05) is 6.92 Å². The van der Waals surface area contributed by atoms with Gasteiger partial charge < -0.3 is 4.90 Å². The molecule has 0 aliphatic carbocycles. The molecule has 0 aliphatic rings. The predicted molar refractivity (Wildman–Crippen MR) is 67.3 cm³/mol. The number of aromatic nitrogens is 1. The number of rotatable bonds is 3. The third-order valence-electron chi connectivity index (χ3n) is 1.82. The molecule has 5 heteroatoms. The van der Waals surface area contributed by atoms with Gasteiger partial charge in [0.15, 0.2) is 0 Å². The summed E-state index contributed by atoms with van der Waals surface area (Å²) in [6, 6.07) is 1.77. The Morgan fingerprint density at radius 2 is 2.27 bits per heavy atom. The lowest BCUT2D eigenvalue weighted by Gasteiger charge is -2.18. The van der Waals surface area contributed by atoms with Crippen LogP contribution in [0.25, 0.3) is 0 Å². The van der Waals surface area contributed by atoms with Gasteiger partial charge in [-0.2, -0.15) is 0 Å². The van der Waals surface area contributed by atoms with Crippen LogP contribution in [0.5, 0.6) is 0 Å². The molecule has 1 amide bonds. The van der Waals surface area contributed by atoms with E-state index in [1.165, 1.54) is 0 Å². The summed E-state index contributed by atoms with van der Waals surface area (Å²) in [5.41, 5.74) is 0.597. The van der Waals surface area contributed by atoms with Crippen molar-refractivity contribution in [2.24, 2.45) is 0 Å². The molecule has 0 aliphatic heterocycles. The van der Waals surface area contributed by atoms with Gasteiger partial charge in [-0.3, -0.25) is 9.78 Å². The molecule has 0 spiro atoms. The largest absolute Gasteiger partial charge is 0.341 e. The van der Waals surface area contributed by atoms with E-state index in [4.69, 9.17) is 0 Å². The predicted octanol–water partition coefficient (Wildman–Crippen LogP) is 2.70. The minimum Gasteiger partial charge on any atom is -0.341 e. The Hall–Kier alpha value is -0.420. The average Bonchev–Trinajstić information content (AvgIpc) is 2.15. The van der Waals surface area contributed by atoms with Crippen LogP contribution < -0.4 is 0 Å². The Morgan fingerprint density at radius 3 is 2.80 bits per heavy atom. The second kappa shape index (κ2) is 5.61. The number of pyridine rings is 1. The second-order valence-corrected chi connectivity index (χ2v) is 5.84. The van der Waals surface area contributed by atoms with Gasteiger partial charge in [0.25, 0.3) is 5.91 Å². The zero-order chi connectivity index (χ0) is 11.4. The molecule has 0 fully saturated rings. The standard InChI is InChI=1S/C10H12Br2N2O/c1-7(11)6-14(2)10(15)8-3-9(12)5-13-4-8/h3-5,7H,6H2,1-2H3. The molecule has 3 nitrogen and oxygen atoms in total. The van der Waals surface area contributed by atoms with Crippen LogP contribution in [0, 0.1) is 0 Å². The number of carbonyl (C=O) groups is 1. The Labute approximate surface area is 106 Å². The number of amides is 1. The Morgan fingerprint density at radius 1 is 1.60 bits per heavy atom. The minimum atomic E-state index is -0.0184. The molecule has 0 aromatic carbocycles. The van der Waals surface area contributed by atoms with E-state index in [9.17, 15) is 4.79 Å². The highest BCUT2D eigenvalue weighted by Gasteiger charge is 2.13. The Kier molecular flexibility index (Phi) is 4.73. The summed E-state index contributed by atoms with van der Waals surface area (Å²) in [5.74, 6) is -0.0184. The summed E-state index contributed by atoms with van der Waals surface area (Å²) >= 11 is 6.70. The molecule has 1 unspecified atom stereocenters. The lowest BCUT2D eigenvalue weighted by Crippen LogP contribution is -2.31. The number of hydrogen-bond donors (Lipinski definition) is 0. The van der Waals surface area contributed by atoms with Crippen molar-refractivity contribution in [2.45, 2.75) is 11.8 Å². The molecule has 15 heavy (non-hydrogen) atoms. The number of nitrogens with zero attached hydrogens (tertiary/aromatic N) is 2. The Balaban J connectivity index is 2.76. The fourth-order valence-electron chi connectivity index (χ4n) is 1.21. The normalized spacial score (nSPS) is 12.3. The van der Waals surface area contributed by atoms with Gasteiger partial charge in [0.05, 0.1) is 5.56 Å². The first-order valence-electron chi connectivity index (χ1n) is 4.51. The monoisotopic (exact) mass is 334 g/mol. The van der Waals surface area contributed by atoms with Crippen LogP contribution in [-0.4, -0.2) is 34.2 Å². The maximum absolute atomic E-state index is 11.9. The number of alkyl halides is 1. The molecule has 0 radical (unpaired) electrons. The summed E-state index contributed by atoms with van der Waals surface area (Å²) in [5, 5.41) is 0. The highest BCUT2D eigenvalue weighted by atomic mass is 79.9. The summed E-state index contributed by atoms with van der Waals surface area (Å²) in [4.78, 5) is 17.8. The van der Waals surface area contributed by atoms with E-state index < -0.39 is 0 Å². The number of carbonyl (C=O) groups excluding carboxylic acids is 1. The Bertz CT molecular complexity index is 355. The molecule has 0 saturated heterocycles. The van der Waals surface area contributed by atoms with E-state index in [0.717, 1.165) is 4.47 Å². The lowest BCUT2D eigenvalue weighted by molar-refractivity contribution is 0.0797. The van der Waals surface area contributed by atoms with Crippen LogP contribution in [-0.2, 0) is 0 Å². The third kappa shape index (κ3) is 3.91. The van der Waals surface area contributed by atoms with Gasteiger partial charge in [-0.15, -0.1) is 0 Å². The van der Waals surface area contributed by atoms with Crippen molar-refractivity contribution >= 4 is 37.8 Å². The third-order valence-corrected chi connectivity index (χ3v) is 2.55. The van der Waals surface area contributed by atoms with E-state index in [0.29, 0.717) is 12.1 Å². The van der Waals surface area contributed by atoms with Crippen molar-refractivity contribution in [2.75, 3.05) is 13.6 Å². The van der Waals surface area contributed by atoms with Gasteiger partial charge in [0, 0.05) is 35.3 Å². The van der Waals surface area contributed by atoms with Crippen LogP contribution in [0.1, 0.15) is 17.3 Å². The number of hydrogen-bond acceptors (Lipinski definition) is 2. The highest BCUT2D eigenvalue weighted by Crippen LogP contribution is 2.12. The van der Waals surface area contributed by atoms with Gasteiger partial charge in [-0.25, -0.2) is 0 Å². The molecule has 0 N–H and O–H groups in total. The first-order valence-corrected chi connectivity index (χ1v) is 6.21. The molecule has 82 valence electrons. The van der Waals surface area contributed by atoms with Crippen molar-refractivity contribution < 1.29 is 4.79 Å². The van der Waals surface area contributed by atoms with E-state index in [1.54, 1.807) is 30.4 Å². The fraction of sp³-hybridized carbons (Fsp3) is 0.400. The maximum atomic E-state index is 11.9. The topological polar surface area (TPSA) is 33.2 Å². The van der Waals surface area contributed by atoms with Gasteiger partial charge in [0.1, 0.15) is 0 Å². The molecular formula is C10H12Br2N2O. The van der Waals surface area contributed by atoms with Crippen LogP contribution >= 0.6 is 31.9 Å². The highest BCUT2D eigenvalue weighted by molar-refractivity contribution is 9.10. The molecule has 0 saturated carbocycles. The average molecular weight is 336 g/mol. The van der Waals surface area contributed by atoms with Gasteiger partial charge in [-0.1, -0.05) is 22.9 Å². The molecule has 0 bridgehead atoms. The van der Waals surface area contributed by atoms with Crippen molar-refractivity contribution in [3.63, 3.8) is 0 Å². The zero-order valence-corrected chi connectivity index (χ0v) is 11.7. The second-order valence-electron chi connectivity index (χ2n) is 3.36. The van der Waals surface area contributed by atoms with Crippen molar-refractivity contribution in [3.05, 3.63) is 28.5 Å². The molecule has 1 aromatic heterocycles. The van der Waals surface area contributed by atoms with Crippen LogP contribution in [0.4, 0.5) is 0 Å². The van der Waals surface area contributed by atoms with Crippen molar-refractivity contribution in [3.8, 4) is 0 Å². The smallest absolute Gasteiger partial charge is 0.255 e. The van der Waals surface area contributed by atoms with Crippen LogP contribution in [0.2, 0.25) is 0 Å². The maximum Gasteiger partial charge on any atom is 0.255 e. The quantitative estimate of drug-likeness (QED) is 0.796. The van der Waals surface area contributed by atoms with Crippen molar-refractivity contribution in [1.82, 2.24) is 9.88 Å².